The fourth-order valence-electron chi connectivity index (χ4n) is 4.41. The lowest BCUT2D eigenvalue weighted by Gasteiger charge is -2.23. The van der Waals surface area contributed by atoms with Gasteiger partial charge in [-0.3, -0.25) is 14.5 Å². The summed E-state index contributed by atoms with van der Waals surface area (Å²) in [5.41, 5.74) is 4.27. The number of hydrogen-bond acceptors (Lipinski definition) is 5. The number of aromatic amines is 1. The summed E-state index contributed by atoms with van der Waals surface area (Å²) in [5.74, 6) is -1.19. The summed E-state index contributed by atoms with van der Waals surface area (Å²) in [6.45, 7) is 3.81. The number of Topliss-reactive ketones (excluding diaryl/α,β-unsaturated/α-hetero) is 1. The van der Waals surface area contributed by atoms with Crippen molar-refractivity contribution >= 4 is 34.4 Å². The van der Waals surface area contributed by atoms with Crippen molar-refractivity contribution in [2.45, 2.75) is 19.9 Å². The fourth-order valence-corrected chi connectivity index (χ4v) is 4.41. The van der Waals surface area contributed by atoms with Gasteiger partial charge in [-0.25, -0.2) is 4.98 Å². The number of aryl methyl sites for hydroxylation is 2. The number of hydrogen-bond donors (Lipinski definition) is 2. The molecule has 3 aromatic carbocycles. The number of rotatable bonds is 4. The third kappa shape index (κ3) is 3.42. The fraction of sp³-hybridized carbons (Fsp3) is 0.148. The Morgan fingerprint density at radius 2 is 1.76 bits per heavy atom. The number of ketones is 1. The van der Waals surface area contributed by atoms with Crippen molar-refractivity contribution in [1.29, 1.82) is 0 Å². The molecule has 1 unspecified atom stereocenters. The first-order valence-electron chi connectivity index (χ1n) is 10.9. The van der Waals surface area contributed by atoms with E-state index in [4.69, 9.17) is 4.74 Å². The quantitative estimate of drug-likeness (QED) is 0.263. The van der Waals surface area contributed by atoms with Gasteiger partial charge in [0.1, 0.15) is 11.5 Å². The number of aliphatic hydroxyl groups excluding tert-OH is 1. The minimum atomic E-state index is -0.870. The summed E-state index contributed by atoms with van der Waals surface area (Å²) >= 11 is 0. The first kappa shape index (κ1) is 21.5. The van der Waals surface area contributed by atoms with Crippen LogP contribution >= 0.6 is 0 Å². The van der Waals surface area contributed by atoms with Crippen LogP contribution in [0.3, 0.4) is 0 Å². The molecule has 0 saturated carbocycles. The van der Waals surface area contributed by atoms with Crippen molar-refractivity contribution in [3.05, 3.63) is 94.6 Å². The number of amides is 1. The monoisotopic (exact) mass is 453 g/mol. The van der Waals surface area contributed by atoms with Gasteiger partial charge in [0.05, 0.1) is 35.3 Å². The molecule has 0 spiro atoms. The highest BCUT2D eigenvalue weighted by Crippen LogP contribution is 2.43. The van der Waals surface area contributed by atoms with Gasteiger partial charge in [-0.05, 0) is 43.7 Å². The van der Waals surface area contributed by atoms with Crippen LogP contribution in [0.15, 0.2) is 72.3 Å². The van der Waals surface area contributed by atoms with Crippen LogP contribution in [0.1, 0.15) is 28.3 Å². The van der Waals surface area contributed by atoms with E-state index in [1.165, 1.54) is 12.0 Å². The molecular formula is C27H23N3O4. The lowest BCUT2D eigenvalue weighted by molar-refractivity contribution is -0.132. The number of carbonyl (C=O) groups excluding carboxylic acids is 2. The highest BCUT2D eigenvalue weighted by molar-refractivity contribution is 6.51. The maximum Gasteiger partial charge on any atom is 0.302 e. The van der Waals surface area contributed by atoms with E-state index in [1.54, 1.807) is 12.1 Å². The number of methoxy groups -OCH3 is 1. The van der Waals surface area contributed by atoms with E-state index in [2.05, 4.69) is 9.97 Å². The van der Waals surface area contributed by atoms with Crippen LogP contribution in [0.5, 0.6) is 5.75 Å². The number of fused-ring (bicyclic) bond motifs is 1. The number of nitrogens with one attached hydrogen (secondary N) is 1. The number of nitrogens with zero attached hydrogens (tertiary/aromatic N) is 2. The Kier molecular flexibility index (Phi) is 5.17. The van der Waals surface area contributed by atoms with Crippen LogP contribution in [0.4, 0.5) is 5.95 Å². The SMILES string of the molecule is COc1ccc(C)cc1/C(O)=C1\C(=O)C(=O)N(c2nc3ccccc3[nH]2)C1c1cccc(C)c1. The third-order valence-electron chi connectivity index (χ3n) is 6.02. The van der Waals surface area contributed by atoms with Crippen LogP contribution in [0.25, 0.3) is 16.8 Å². The number of aromatic nitrogens is 2. The van der Waals surface area contributed by atoms with Crippen LogP contribution in [0.2, 0.25) is 0 Å². The Labute approximate surface area is 196 Å². The minimum Gasteiger partial charge on any atom is -0.507 e. The number of anilines is 1. The molecule has 2 heterocycles. The van der Waals surface area contributed by atoms with Gasteiger partial charge < -0.3 is 14.8 Å². The summed E-state index contributed by atoms with van der Waals surface area (Å²) in [7, 11) is 1.49. The molecule has 0 radical (unpaired) electrons. The second-order valence-corrected chi connectivity index (χ2v) is 8.36. The van der Waals surface area contributed by atoms with E-state index >= 15 is 0 Å². The molecule has 1 aliphatic rings. The molecule has 7 nitrogen and oxygen atoms in total. The van der Waals surface area contributed by atoms with E-state index in [0.29, 0.717) is 22.4 Å². The van der Waals surface area contributed by atoms with E-state index < -0.39 is 17.7 Å². The standard InChI is InChI=1S/C27H23N3O4/c1-15-7-6-8-17(13-15)23-22(24(31)18-14-16(2)11-12-21(18)34-3)25(32)26(33)30(23)27-28-19-9-4-5-10-20(19)29-27/h4-14,23,31H,1-3H3,(H,28,29)/b24-22+. The summed E-state index contributed by atoms with van der Waals surface area (Å²) in [4.78, 5) is 35.8. The number of carbonyl (C=O) groups is 2. The molecule has 5 rings (SSSR count). The van der Waals surface area contributed by atoms with Crippen LogP contribution in [0, 0.1) is 13.8 Å². The first-order valence-corrected chi connectivity index (χ1v) is 10.9. The van der Waals surface area contributed by atoms with Gasteiger partial charge in [0.25, 0.3) is 5.78 Å². The zero-order chi connectivity index (χ0) is 24.0. The van der Waals surface area contributed by atoms with Crippen molar-refractivity contribution in [3.8, 4) is 5.75 Å². The molecule has 1 aliphatic heterocycles. The van der Waals surface area contributed by atoms with Crippen molar-refractivity contribution < 1.29 is 19.4 Å². The Bertz CT molecular complexity index is 1450. The van der Waals surface area contributed by atoms with Gasteiger partial charge in [0.15, 0.2) is 0 Å². The first-order chi connectivity index (χ1) is 16.4. The highest BCUT2D eigenvalue weighted by atomic mass is 16.5. The number of benzene rings is 3. The zero-order valence-electron chi connectivity index (χ0n) is 19.0. The molecule has 7 heteroatoms. The van der Waals surface area contributed by atoms with Crippen LogP contribution in [-0.2, 0) is 9.59 Å². The van der Waals surface area contributed by atoms with Gasteiger partial charge in [-0.2, -0.15) is 0 Å². The number of H-pyrrole nitrogens is 1. The average molecular weight is 453 g/mol. The van der Waals surface area contributed by atoms with Gasteiger partial charge >= 0.3 is 5.91 Å². The highest BCUT2D eigenvalue weighted by Gasteiger charge is 2.48. The van der Waals surface area contributed by atoms with Gasteiger partial charge in [0, 0.05) is 0 Å². The maximum absolute atomic E-state index is 13.4. The molecule has 170 valence electrons. The van der Waals surface area contributed by atoms with E-state index in [1.807, 2.05) is 68.4 Å². The van der Waals surface area contributed by atoms with Gasteiger partial charge in [-0.15, -0.1) is 0 Å². The predicted molar refractivity (Wildman–Crippen MR) is 130 cm³/mol. The van der Waals surface area contributed by atoms with Crippen LogP contribution < -0.4 is 9.64 Å². The number of para-hydroxylation sites is 2. The van der Waals surface area contributed by atoms with Crippen molar-refractivity contribution in [1.82, 2.24) is 9.97 Å². The Morgan fingerprint density at radius 1 is 1.00 bits per heavy atom. The molecule has 1 fully saturated rings. The largest absolute Gasteiger partial charge is 0.507 e. The molecule has 4 aromatic rings. The van der Waals surface area contributed by atoms with Crippen LogP contribution in [-0.4, -0.2) is 33.9 Å². The molecule has 34 heavy (non-hydrogen) atoms. The number of imidazole rings is 1. The maximum atomic E-state index is 13.4. The summed E-state index contributed by atoms with van der Waals surface area (Å²) in [6, 6.07) is 19.3. The van der Waals surface area contributed by atoms with Crippen molar-refractivity contribution in [3.63, 3.8) is 0 Å². The zero-order valence-corrected chi connectivity index (χ0v) is 19.0. The smallest absolute Gasteiger partial charge is 0.302 e. The normalized spacial score (nSPS) is 17.5. The third-order valence-corrected chi connectivity index (χ3v) is 6.02. The van der Waals surface area contributed by atoms with E-state index in [-0.39, 0.29) is 17.3 Å². The summed E-state index contributed by atoms with van der Waals surface area (Å²) < 4.78 is 5.43. The summed E-state index contributed by atoms with van der Waals surface area (Å²) in [5, 5.41) is 11.4. The predicted octanol–water partition coefficient (Wildman–Crippen LogP) is 4.81. The molecule has 0 aliphatic carbocycles. The molecular weight excluding hydrogens is 430 g/mol. The summed E-state index contributed by atoms with van der Waals surface area (Å²) in [6.07, 6.45) is 0. The Morgan fingerprint density at radius 3 is 2.50 bits per heavy atom. The second kappa shape index (κ2) is 8.19. The molecule has 1 amide bonds. The molecule has 1 atom stereocenters. The van der Waals surface area contributed by atoms with Crippen molar-refractivity contribution in [2.24, 2.45) is 0 Å². The molecule has 0 bridgehead atoms. The number of aliphatic hydroxyl groups is 1. The Hall–Kier alpha value is -4.39. The number of ether oxygens (including phenoxy) is 1. The molecule has 1 saturated heterocycles. The average Bonchev–Trinajstić information content (AvgIpc) is 3.37. The second-order valence-electron chi connectivity index (χ2n) is 8.36. The van der Waals surface area contributed by atoms with E-state index in [9.17, 15) is 14.7 Å². The Balaban J connectivity index is 1.77. The molecule has 2 N–H and O–H groups in total. The lowest BCUT2D eigenvalue weighted by Crippen LogP contribution is -2.30. The van der Waals surface area contributed by atoms with Gasteiger partial charge in [-0.1, -0.05) is 53.6 Å². The minimum absolute atomic E-state index is 0.0139. The van der Waals surface area contributed by atoms with Crippen molar-refractivity contribution in [2.75, 3.05) is 12.0 Å². The van der Waals surface area contributed by atoms with E-state index in [0.717, 1.165) is 16.6 Å². The lowest BCUT2D eigenvalue weighted by atomic mass is 9.94. The van der Waals surface area contributed by atoms with Gasteiger partial charge in [0.2, 0.25) is 5.95 Å². The topological polar surface area (TPSA) is 95.5 Å². The molecule has 1 aromatic heterocycles.